The van der Waals surface area contributed by atoms with Gasteiger partial charge in [-0.3, -0.25) is 4.79 Å². The highest BCUT2D eigenvalue weighted by Crippen LogP contribution is 2.12. The molecule has 2 N–H and O–H groups in total. The van der Waals surface area contributed by atoms with E-state index in [-0.39, 0.29) is 6.04 Å². The minimum atomic E-state index is 0.144. The first-order chi connectivity index (χ1) is 4.38. The minimum absolute atomic E-state index is 0.144. The lowest BCUT2D eigenvalue weighted by Crippen LogP contribution is -2.33. The van der Waals surface area contributed by atoms with E-state index in [9.17, 15) is 4.79 Å². The second kappa shape index (κ2) is 1.78. The number of rotatable bonds is 0. The van der Waals surface area contributed by atoms with Crippen molar-refractivity contribution in [2.75, 3.05) is 13.1 Å². The normalized spacial score (nSPS) is 41.6. The number of Topliss-reactive ketones (excluding diaryl/α,β-unsaturated/α-hetero) is 1. The molecule has 50 valence electrons. The van der Waals surface area contributed by atoms with Gasteiger partial charge < -0.3 is 10.6 Å². The number of hydrogen-bond donors (Lipinski definition) is 2. The number of nitrogens with one attached hydrogen (secondary N) is 2. The maximum atomic E-state index is 10.9. The number of ketones is 1. The lowest BCUT2D eigenvalue weighted by molar-refractivity contribution is -0.117. The van der Waals surface area contributed by atoms with E-state index in [4.69, 9.17) is 0 Å². The van der Waals surface area contributed by atoms with Crippen molar-refractivity contribution < 1.29 is 4.79 Å². The Hall–Kier alpha value is -0.410. The summed E-state index contributed by atoms with van der Waals surface area (Å²) in [7, 11) is 0. The summed E-state index contributed by atoms with van der Waals surface area (Å²) in [5.74, 6) is 0.331. The van der Waals surface area contributed by atoms with Gasteiger partial charge in [-0.15, -0.1) is 0 Å². The molecule has 0 bridgehead atoms. The fourth-order valence-corrected chi connectivity index (χ4v) is 1.60. The molecule has 2 atom stereocenters. The molecular formula is C6H10N2O. The summed E-state index contributed by atoms with van der Waals surface area (Å²) in [4.78, 5) is 10.9. The van der Waals surface area contributed by atoms with Gasteiger partial charge in [-0.1, -0.05) is 0 Å². The third-order valence-corrected chi connectivity index (χ3v) is 2.11. The molecule has 0 spiro atoms. The van der Waals surface area contributed by atoms with Crippen LogP contribution in [0.25, 0.3) is 0 Å². The Morgan fingerprint density at radius 2 is 2.33 bits per heavy atom. The summed E-state index contributed by atoms with van der Waals surface area (Å²) in [6.07, 6.45) is 1.11. The molecule has 2 fully saturated rings. The van der Waals surface area contributed by atoms with Crippen molar-refractivity contribution in [2.24, 2.45) is 0 Å². The van der Waals surface area contributed by atoms with E-state index in [0.717, 1.165) is 13.0 Å². The third-order valence-electron chi connectivity index (χ3n) is 2.11. The van der Waals surface area contributed by atoms with Crippen molar-refractivity contribution >= 4 is 5.78 Å². The second-order valence-electron chi connectivity index (χ2n) is 2.67. The molecule has 2 saturated heterocycles. The van der Waals surface area contributed by atoms with Crippen LogP contribution in [0.2, 0.25) is 0 Å². The summed E-state index contributed by atoms with van der Waals surface area (Å²) < 4.78 is 0. The molecule has 2 aliphatic rings. The Balaban J connectivity index is 2.15. The van der Waals surface area contributed by atoms with Crippen LogP contribution in [-0.2, 0) is 4.79 Å². The standard InChI is InChI=1S/C6H10N2O/c9-5-3-8-4-1-2-7-6(4)5/h4,6-8H,1-3H2/t4-,6+/m1/s1. The van der Waals surface area contributed by atoms with Gasteiger partial charge in [-0.05, 0) is 13.0 Å². The molecule has 3 heteroatoms. The smallest absolute Gasteiger partial charge is 0.165 e. The monoisotopic (exact) mass is 126 g/mol. The van der Waals surface area contributed by atoms with E-state index in [0.29, 0.717) is 18.4 Å². The molecule has 0 aromatic heterocycles. The Morgan fingerprint density at radius 1 is 1.44 bits per heavy atom. The Bertz CT molecular complexity index is 146. The fourth-order valence-electron chi connectivity index (χ4n) is 1.60. The minimum Gasteiger partial charge on any atom is -0.306 e. The molecule has 0 amide bonds. The SMILES string of the molecule is O=C1CN[C@@H]2CCN[C@H]12. The molecule has 0 aromatic rings. The fraction of sp³-hybridized carbons (Fsp3) is 0.833. The Kier molecular flexibility index (Phi) is 1.07. The van der Waals surface area contributed by atoms with Gasteiger partial charge in [0.2, 0.25) is 0 Å². The molecular weight excluding hydrogens is 116 g/mol. The average molecular weight is 126 g/mol. The third kappa shape index (κ3) is 0.686. The van der Waals surface area contributed by atoms with E-state index >= 15 is 0 Å². The van der Waals surface area contributed by atoms with Gasteiger partial charge in [0, 0.05) is 6.04 Å². The van der Waals surface area contributed by atoms with Crippen molar-refractivity contribution in [3.05, 3.63) is 0 Å². The lowest BCUT2D eigenvalue weighted by Gasteiger charge is -2.03. The van der Waals surface area contributed by atoms with Gasteiger partial charge in [-0.25, -0.2) is 0 Å². The molecule has 0 radical (unpaired) electrons. The summed E-state index contributed by atoms with van der Waals surface area (Å²) in [6.45, 7) is 1.57. The van der Waals surface area contributed by atoms with Gasteiger partial charge in [0.1, 0.15) is 0 Å². The lowest BCUT2D eigenvalue weighted by atomic mass is 10.1. The van der Waals surface area contributed by atoms with Crippen LogP contribution in [-0.4, -0.2) is 31.0 Å². The van der Waals surface area contributed by atoms with Gasteiger partial charge in [0.15, 0.2) is 5.78 Å². The first-order valence-corrected chi connectivity index (χ1v) is 3.37. The average Bonchev–Trinajstić information content (AvgIpc) is 2.35. The van der Waals surface area contributed by atoms with Gasteiger partial charge >= 0.3 is 0 Å². The summed E-state index contributed by atoms with van der Waals surface area (Å²) in [5.41, 5.74) is 0. The second-order valence-corrected chi connectivity index (χ2v) is 2.67. The number of carbonyl (C=O) groups excluding carboxylic acids is 1. The van der Waals surface area contributed by atoms with Crippen LogP contribution in [0, 0.1) is 0 Å². The Labute approximate surface area is 53.8 Å². The zero-order chi connectivity index (χ0) is 6.27. The molecule has 0 aliphatic carbocycles. The van der Waals surface area contributed by atoms with E-state index in [2.05, 4.69) is 10.6 Å². The van der Waals surface area contributed by atoms with E-state index in [1.165, 1.54) is 0 Å². The summed E-state index contributed by atoms with van der Waals surface area (Å²) >= 11 is 0. The van der Waals surface area contributed by atoms with Crippen LogP contribution in [0.3, 0.4) is 0 Å². The molecule has 2 heterocycles. The first-order valence-electron chi connectivity index (χ1n) is 3.37. The Morgan fingerprint density at radius 3 is 3.11 bits per heavy atom. The zero-order valence-electron chi connectivity index (χ0n) is 5.18. The highest BCUT2D eigenvalue weighted by molar-refractivity contribution is 5.89. The number of hydrogen-bond acceptors (Lipinski definition) is 3. The molecule has 9 heavy (non-hydrogen) atoms. The largest absolute Gasteiger partial charge is 0.306 e. The molecule has 3 nitrogen and oxygen atoms in total. The van der Waals surface area contributed by atoms with Crippen LogP contribution in [0.1, 0.15) is 6.42 Å². The van der Waals surface area contributed by atoms with Crippen molar-refractivity contribution in [1.29, 1.82) is 0 Å². The number of carbonyl (C=O) groups is 1. The predicted octanol–water partition coefficient (Wildman–Crippen LogP) is -1.11. The van der Waals surface area contributed by atoms with E-state index < -0.39 is 0 Å². The maximum absolute atomic E-state index is 10.9. The highest BCUT2D eigenvalue weighted by Gasteiger charge is 2.37. The molecule has 0 saturated carbocycles. The van der Waals surface area contributed by atoms with Gasteiger partial charge in [0.05, 0.1) is 12.6 Å². The van der Waals surface area contributed by atoms with Crippen molar-refractivity contribution in [2.45, 2.75) is 18.5 Å². The van der Waals surface area contributed by atoms with E-state index in [1.54, 1.807) is 0 Å². The topological polar surface area (TPSA) is 41.1 Å². The van der Waals surface area contributed by atoms with Crippen LogP contribution in [0.5, 0.6) is 0 Å². The molecule has 0 aromatic carbocycles. The van der Waals surface area contributed by atoms with Crippen LogP contribution in [0.4, 0.5) is 0 Å². The quantitative estimate of drug-likeness (QED) is 0.432. The van der Waals surface area contributed by atoms with Crippen molar-refractivity contribution in [1.82, 2.24) is 10.6 Å². The molecule has 0 unspecified atom stereocenters. The molecule has 2 rings (SSSR count). The van der Waals surface area contributed by atoms with Crippen LogP contribution < -0.4 is 10.6 Å². The zero-order valence-corrected chi connectivity index (χ0v) is 5.18. The number of fused-ring (bicyclic) bond motifs is 1. The maximum Gasteiger partial charge on any atom is 0.165 e. The van der Waals surface area contributed by atoms with Crippen LogP contribution >= 0.6 is 0 Å². The van der Waals surface area contributed by atoms with Crippen LogP contribution in [0.15, 0.2) is 0 Å². The van der Waals surface area contributed by atoms with Crippen molar-refractivity contribution in [3.63, 3.8) is 0 Å². The summed E-state index contributed by atoms with van der Waals surface area (Å²) in [5, 5.41) is 6.31. The van der Waals surface area contributed by atoms with E-state index in [1.807, 2.05) is 0 Å². The van der Waals surface area contributed by atoms with Crippen molar-refractivity contribution in [3.8, 4) is 0 Å². The first kappa shape index (κ1) is 5.38. The molecule has 2 aliphatic heterocycles. The predicted molar refractivity (Wildman–Crippen MR) is 33.2 cm³/mol. The summed E-state index contributed by atoms with van der Waals surface area (Å²) in [6, 6.07) is 0.586. The van der Waals surface area contributed by atoms with Gasteiger partial charge in [0.25, 0.3) is 0 Å². The highest BCUT2D eigenvalue weighted by atomic mass is 16.1. The van der Waals surface area contributed by atoms with Gasteiger partial charge in [-0.2, -0.15) is 0 Å².